The second-order valence-electron chi connectivity index (χ2n) is 6.08. The van der Waals surface area contributed by atoms with Gasteiger partial charge in [-0.2, -0.15) is 0 Å². The zero-order valence-electron chi connectivity index (χ0n) is 12.0. The first-order valence-electron chi connectivity index (χ1n) is 6.94. The zero-order valence-corrected chi connectivity index (χ0v) is 12.0. The Labute approximate surface area is 111 Å². The van der Waals surface area contributed by atoms with E-state index in [2.05, 4.69) is 57.3 Å². The summed E-state index contributed by atoms with van der Waals surface area (Å²) < 4.78 is 5.99. The molecule has 1 fully saturated rings. The fraction of sp³-hybridized carbons (Fsp3) is 0.625. The maximum Gasteiger partial charge on any atom is 0.0708 e. The Hall–Kier alpha value is -0.860. The Morgan fingerprint density at radius 2 is 2.00 bits per heavy atom. The van der Waals surface area contributed by atoms with Gasteiger partial charge in [0.1, 0.15) is 0 Å². The maximum absolute atomic E-state index is 5.99. The van der Waals surface area contributed by atoms with Gasteiger partial charge >= 0.3 is 0 Å². The Morgan fingerprint density at radius 1 is 1.33 bits per heavy atom. The molecule has 18 heavy (non-hydrogen) atoms. The highest BCUT2D eigenvalue weighted by Gasteiger charge is 2.31. The molecule has 0 radical (unpaired) electrons. The van der Waals surface area contributed by atoms with Crippen molar-refractivity contribution in [3.63, 3.8) is 0 Å². The fourth-order valence-corrected chi connectivity index (χ4v) is 2.50. The third-order valence-corrected chi connectivity index (χ3v) is 3.78. The molecule has 0 aliphatic carbocycles. The van der Waals surface area contributed by atoms with Gasteiger partial charge in [-0.3, -0.25) is 0 Å². The monoisotopic (exact) mass is 247 g/mol. The van der Waals surface area contributed by atoms with Crippen molar-refractivity contribution >= 4 is 0 Å². The average Bonchev–Trinajstić information content (AvgIpc) is 2.67. The van der Waals surface area contributed by atoms with Crippen molar-refractivity contribution < 1.29 is 4.74 Å². The normalized spacial score (nSPS) is 24.1. The number of benzene rings is 1. The van der Waals surface area contributed by atoms with Gasteiger partial charge < -0.3 is 10.1 Å². The van der Waals surface area contributed by atoms with Crippen LogP contribution in [0.25, 0.3) is 0 Å². The van der Waals surface area contributed by atoms with Crippen molar-refractivity contribution in [3.8, 4) is 0 Å². The standard InChI is InChI=1S/C16H25NO/c1-12-5-7-14(8-6-12)13(2)17-11-15-9-10-16(3,4)18-15/h5-8,13,15,17H,9-11H2,1-4H3/t13-,15?/m1/s1. The minimum absolute atomic E-state index is 0.0689. The highest BCUT2D eigenvalue weighted by atomic mass is 16.5. The SMILES string of the molecule is Cc1ccc([C@@H](C)NCC2CCC(C)(C)O2)cc1. The molecular weight excluding hydrogens is 222 g/mol. The maximum atomic E-state index is 5.99. The predicted molar refractivity (Wildman–Crippen MR) is 75.8 cm³/mol. The molecule has 100 valence electrons. The lowest BCUT2D eigenvalue weighted by molar-refractivity contribution is -0.0150. The molecule has 1 saturated heterocycles. The smallest absolute Gasteiger partial charge is 0.0708 e. The van der Waals surface area contributed by atoms with E-state index in [1.807, 2.05) is 0 Å². The van der Waals surface area contributed by atoms with Crippen LogP contribution in [0.15, 0.2) is 24.3 Å². The van der Waals surface area contributed by atoms with E-state index in [9.17, 15) is 0 Å². The van der Waals surface area contributed by atoms with Gasteiger partial charge in [0.05, 0.1) is 11.7 Å². The van der Waals surface area contributed by atoms with Crippen molar-refractivity contribution in [2.24, 2.45) is 0 Å². The minimum Gasteiger partial charge on any atom is -0.371 e. The lowest BCUT2D eigenvalue weighted by Gasteiger charge is -2.21. The third kappa shape index (κ3) is 3.56. The van der Waals surface area contributed by atoms with E-state index in [1.165, 1.54) is 17.5 Å². The first-order valence-corrected chi connectivity index (χ1v) is 6.94. The Morgan fingerprint density at radius 3 is 2.56 bits per heavy atom. The number of aryl methyl sites for hydroxylation is 1. The molecular formula is C16H25NO. The second kappa shape index (κ2) is 5.41. The Bertz CT molecular complexity index is 383. The second-order valence-corrected chi connectivity index (χ2v) is 6.08. The van der Waals surface area contributed by atoms with Crippen molar-refractivity contribution in [3.05, 3.63) is 35.4 Å². The third-order valence-electron chi connectivity index (χ3n) is 3.78. The molecule has 1 aliphatic heterocycles. The summed E-state index contributed by atoms with van der Waals surface area (Å²) in [6.45, 7) is 9.63. The highest BCUT2D eigenvalue weighted by Crippen LogP contribution is 2.29. The van der Waals surface area contributed by atoms with Gasteiger partial charge in [0.2, 0.25) is 0 Å². The van der Waals surface area contributed by atoms with E-state index in [-0.39, 0.29) is 5.60 Å². The van der Waals surface area contributed by atoms with Crippen molar-refractivity contribution in [2.45, 2.75) is 58.3 Å². The van der Waals surface area contributed by atoms with E-state index >= 15 is 0 Å². The van der Waals surface area contributed by atoms with Crippen LogP contribution in [-0.4, -0.2) is 18.2 Å². The van der Waals surface area contributed by atoms with E-state index < -0.39 is 0 Å². The lowest BCUT2D eigenvalue weighted by atomic mass is 10.0. The predicted octanol–water partition coefficient (Wildman–Crippen LogP) is 3.60. The van der Waals surface area contributed by atoms with Gasteiger partial charge in [-0.15, -0.1) is 0 Å². The summed E-state index contributed by atoms with van der Waals surface area (Å²) >= 11 is 0. The van der Waals surface area contributed by atoms with Crippen LogP contribution in [0.5, 0.6) is 0 Å². The van der Waals surface area contributed by atoms with Crippen LogP contribution >= 0.6 is 0 Å². The lowest BCUT2D eigenvalue weighted by Crippen LogP contribution is -2.31. The fourth-order valence-electron chi connectivity index (χ4n) is 2.50. The van der Waals surface area contributed by atoms with Gasteiger partial charge in [0.25, 0.3) is 0 Å². The van der Waals surface area contributed by atoms with Gasteiger partial charge in [0, 0.05) is 12.6 Å². The Kier molecular flexibility index (Phi) is 4.08. The summed E-state index contributed by atoms with van der Waals surface area (Å²) in [4.78, 5) is 0. The van der Waals surface area contributed by atoms with E-state index in [4.69, 9.17) is 4.74 Å². The summed E-state index contributed by atoms with van der Waals surface area (Å²) in [5, 5.41) is 3.57. The molecule has 1 N–H and O–H groups in total. The molecule has 0 spiro atoms. The summed E-state index contributed by atoms with van der Waals surface area (Å²) in [5.41, 5.74) is 2.73. The first-order chi connectivity index (χ1) is 8.46. The van der Waals surface area contributed by atoms with E-state index in [1.54, 1.807) is 0 Å². The van der Waals surface area contributed by atoms with Crippen LogP contribution in [-0.2, 0) is 4.74 Å². The number of hydrogen-bond acceptors (Lipinski definition) is 2. The minimum atomic E-state index is 0.0689. The number of hydrogen-bond donors (Lipinski definition) is 1. The summed E-state index contributed by atoms with van der Waals surface area (Å²) in [5.74, 6) is 0. The molecule has 0 aromatic heterocycles. The molecule has 1 heterocycles. The molecule has 2 atom stereocenters. The summed E-state index contributed by atoms with van der Waals surface area (Å²) in [6.07, 6.45) is 2.70. The molecule has 0 bridgehead atoms. The zero-order chi connectivity index (χ0) is 13.2. The molecule has 1 aromatic carbocycles. The van der Waals surface area contributed by atoms with Gasteiger partial charge in [-0.1, -0.05) is 29.8 Å². The molecule has 2 rings (SSSR count). The number of nitrogens with one attached hydrogen (secondary N) is 1. The van der Waals surface area contributed by atoms with Gasteiger partial charge in [-0.05, 0) is 46.1 Å². The molecule has 1 unspecified atom stereocenters. The van der Waals surface area contributed by atoms with Crippen LogP contribution in [0, 0.1) is 6.92 Å². The largest absolute Gasteiger partial charge is 0.371 e. The molecule has 1 aliphatic rings. The Balaban J connectivity index is 1.82. The number of rotatable bonds is 4. The number of ether oxygens (including phenoxy) is 1. The van der Waals surface area contributed by atoms with Crippen LogP contribution in [0.3, 0.4) is 0 Å². The van der Waals surface area contributed by atoms with Crippen LogP contribution < -0.4 is 5.32 Å². The summed E-state index contributed by atoms with van der Waals surface area (Å²) in [7, 11) is 0. The van der Waals surface area contributed by atoms with Gasteiger partial charge in [0.15, 0.2) is 0 Å². The molecule has 2 heteroatoms. The molecule has 0 saturated carbocycles. The van der Waals surface area contributed by atoms with Gasteiger partial charge in [-0.25, -0.2) is 0 Å². The molecule has 1 aromatic rings. The highest BCUT2D eigenvalue weighted by molar-refractivity contribution is 5.23. The molecule has 0 amide bonds. The molecule has 2 nitrogen and oxygen atoms in total. The van der Waals surface area contributed by atoms with E-state index in [0.717, 1.165) is 13.0 Å². The van der Waals surface area contributed by atoms with Crippen LogP contribution in [0.4, 0.5) is 0 Å². The van der Waals surface area contributed by atoms with E-state index in [0.29, 0.717) is 12.1 Å². The van der Waals surface area contributed by atoms with Crippen molar-refractivity contribution in [1.82, 2.24) is 5.32 Å². The van der Waals surface area contributed by atoms with Crippen LogP contribution in [0.1, 0.15) is 50.8 Å². The van der Waals surface area contributed by atoms with Crippen LogP contribution in [0.2, 0.25) is 0 Å². The van der Waals surface area contributed by atoms with Crippen molar-refractivity contribution in [2.75, 3.05) is 6.54 Å². The summed E-state index contributed by atoms with van der Waals surface area (Å²) in [6, 6.07) is 9.13. The quantitative estimate of drug-likeness (QED) is 0.877. The first kappa shape index (κ1) is 13.6. The topological polar surface area (TPSA) is 21.3 Å². The average molecular weight is 247 g/mol. The van der Waals surface area contributed by atoms with Crippen molar-refractivity contribution in [1.29, 1.82) is 0 Å².